The molecule has 2 N–H and O–H groups in total. The zero-order valence-electron chi connectivity index (χ0n) is 15.8. The summed E-state index contributed by atoms with van der Waals surface area (Å²) in [5.41, 5.74) is 2.90. The average molecular weight is 378 g/mol. The maximum atomic E-state index is 11.8. The lowest BCUT2D eigenvalue weighted by molar-refractivity contribution is 0.0601. The Kier molecular flexibility index (Phi) is 6.54. The molecule has 0 saturated heterocycles. The number of carbonyl (C=O) groups is 1. The Morgan fingerprint density at radius 2 is 1.82 bits per heavy atom. The Hall–Kier alpha value is -3.45. The second kappa shape index (κ2) is 9.48. The van der Waals surface area contributed by atoms with Gasteiger partial charge in [-0.05, 0) is 18.2 Å². The molecule has 1 aromatic heterocycles. The average Bonchev–Trinajstić information content (AvgIpc) is 2.74. The van der Waals surface area contributed by atoms with Crippen molar-refractivity contribution in [1.82, 2.24) is 9.97 Å². The summed E-state index contributed by atoms with van der Waals surface area (Å²) in [6.45, 7) is 1.19. The van der Waals surface area contributed by atoms with Crippen LogP contribution in [0.15, 0.2) is 60.7 Å². The van der Waals surface area contributed by atoms with Crippen LogP contribution in [0.1, 0.15) is 10.4 Å². The minimum Gasteiger partial charge on any atom is -0.465 e. The van der Waals surface area contributed by atoms with Gasteiger partial charge < -0.3 is 20.1 Å². The van der Waals surface area contributed by atoms with E-state index in [4.69, 9.17) is 9.47 Å². The van der Waals surface area contributed by atoms with Crippen LogP contribution < -0.4 is 10.6 Å². The van der Waals surface area contributed by atoms with Crippen LogP contribution in [0.2, 0.25) is 0 Å². The van der Waals surface area contributed by atoms with Crippen LogP contribution in [0.3, 0.4) is 0 Å². The molecule has 0 unspecified atom stereocenters. The molecule has 28 heavy (non-hydrogen) atoms. The molecule has 0 radical (unpaired) electrons. The van der Waals surface area contributed by atoms with Crippen LogP contribution in [-0.2, 0) is 9.47 Å². The number of carbonyl (C=O) groups excluding carboxylic acids is 1. The van der Waals surface area contributed by atoms with Crippen molar-refractivity contribution in [3.05, 3.63) is 66.2 Å². The summed E-state index contributed by atoms with van der Waals surface area (Å²) in [6, 6.07) is 18.7. The summed E-state index contributed by atoms with van der Waals surface area (Å²) >= 11 is 0. The van der Waals surface area contributed by atoms with Crippen molar-refractivity contribution in [2.24, 2.45) is 0 Å². The summed E-state index contributed by atoms with van der Waals surface area (Å²) < 4.78 is 9.86. The third-order valence-corrected chi connectivity index (χ3v) is 3.95. The quantitative estimate of drug-likeness (QED) is 0.456. The highest BCUT2D eigenvalue weighted by Gasteiger charge is 2.09. The van der Waals surface area contributed by atoms with E-state index in [-0.39, 0.29) is 0 Å². The number of anilines is 3. The number of methoxy groups -OCH3 is 2. The normalized spacial score (nSPS) is 10.4. The van der Waals surface area contributed by atoms with Gasteiger partial charge in [0.15, 0.2) is 0 Å². The number of hydrogen-bond acceptors (Lipinski definition) is 7. The van der Waals surface area contributed by atoms with Gasteiger partial charge in [0.1, 0.15) is 5.82 Å². The SMILES string of the molecule is COCCNc1cc(-c2ccccc2)nc(Nc2cccc(C(=O)OC)c2)n1. The van der Waals surface area contributed by atoms with E-state index in [0.29, 0.717) is 36.2 Å². The van der Waals surface area contributed by atoms with E-state index in [1.165, 1.54) is 7.11 Å². The molecule has 0 aliphatic carbocycles. The highest BCUT2D eigenvalue weighted by atomic mass is 16.5. The van der Waals surface area contributed by atoms with Gasteiger partial charge in [0, 0.05) is 31.0 Å². The summed E-state index contributed by atoms with van der Waals surface area (Å²) in [6.07, 6.45) is 0. The number of aromatic nitrogens is 2. The number of nitrogens with zero attached hydrogens (tertiary/aromatic N) is 2. The molecule has 144 valence electrons. The summed E-state index contributed by atoms with van der Waals surface area (Å²) in [4.78, 5) is 20.9. The van der Waals surface area contributed by atoms with Gasteiger partial charge in [-0.3, -0.25) is 0 Å². The van der Waals surface area contributed by atoms with Gasteiger partial charge in [0.2, 0.25) is 5.95 Å². The predicted molar refractivity (Wildman–Crippen MR) is 109 cm³/mol. The number of rotatable bonds is 8. The van der Waals surface area contributed by atoms with Gasteiger partial charge in [0.25, 0.3) is 0 Å². The second-order valence-electron chi connectivity index (χ2n) is 5.95. The van der Waals surface area contributed by atoms with Crippen molar-refractivity contribution in [3.63, 3.8) is 0 Å². The fourth-order valence-corrected chi connectivity index (χ4v) is 2.60. The molecular formula is C21H22N4O3. The lowest BCUT2D eigenvalue weighted by Gasteiger charge is -2.12. The molecular weight excluding hydrogens is 356 g/mol. The van der Waals surface area contributed by atoms with Gasteiger partial charge in [-0.25, -0.2) is 9.78 Å². The number of esters is 1. The third-order valence-electron chi connectivity index (χ3n) is 3.95. The Labute approximate surface area is 163 Å². The molecule has 0 saturated carbocycles. The summed E-state index contributed by atoms with van der Waals surface area (Å²) in [5, 5.41) is 6.39. The van der Waals surface area contributed by atoms with E-state index < -0.39 is 5.97 Å². The Balaban J connectivity index is 1.91. The van der Waals surface area contributed by atoms with Crippen LogP contribution in [-0.4, -0.2) is 43.3 Å². The molecule has 1 heterocycles. The van der Waals surface area contributed by atoms with Crippen LogP contribution >= 0.6 is 0 Å². The van der Waals surface area contributed by atoms with Crippen LogP contribution in [0.5, 0.6) is 0 Å². The zero-order chi connectivity index (χ0) is 19.8. The maximum absolute atomic E-state index is 11.8. The molecule has 7 heteroatoms. The topological polar surface area (TPSA) is 85.4 Å². The fraction of sp³-hybridized carbons (Fsp3) is 0.190. The molecule has 3 aromatic rings. The molecule has 0 fully saturated rings. The third kappa shape index (κ3) is 5.05. The monoisotopic (exact) mass is 378 g/mol. The molecule has 0 aliphatic rings. The van der Waals surface area contributed by atoms with Crippen molar-refractivity contribution in [2.45, 2.75) is 0 Å². The Bertz CT molecular complexity index is 932. The van der Waals surface area contributed by atoms with E-state index in [9.17, 15) is 4.79 Å². The highest BCUT2D eigenvalue weighted by molar-refractivity contribution is 5.90. The smallest absolute Gasteiger partial charge is 0.337 e. The van der Waals surface area contributed by atoms with Crippen LogP contribution in [0, 0.1) is 0 Å². The van der Waals surface area contributed by atoms with Crippen molar-refractivity contribution < 1.29 is 14.3 Å². The Morgan fingerprint density at radius 1 is 1.00 bits per heavy atom. The van der Waals surface area contributed by atoms with Gasteiger partial charge in [0.05, 0.1) is 25.0 Å². The number of hydrogen-bond donors (Lipinski definition) is 2. The molecule has 0 bridgehead atoms. The van der Waals surface area contributed by atoms with E-state index in [0.717, 1.165) is 11.3 Å². The van der Waals surface area contributed by atoms with E-state index in [1.807, 2.05) is 42.5 Å². The molecule has 0 aliphatic heterocycles. The van der Waals surface area contributed by atoms with Gasteiger partial charge in [-0.1, -0.05) is 36.4 Å². The first-order valence-corrected chi connectivity index (χ1v) is 8.82. The maximum Gasteiger partial charge on any atom is 0.337 e. The first kappa shape index (κ1) is 19.3. The molecule has 0 amide bonds. The van der Waals surface area contributed by atoms with Crippen molar-refractivity contribution >= 4 is 23.4 Å². The Morgan fingerprint density at radius 3 is 2.57 bits per heavy atom. The zero-order valence-corrected chi connectivity index (χ0v) is 15.8. The molecule has 7 nitrogen and oxygen atoms in total. The van der Waals surface area contributed by atoms with Crippen LogP contribution in [0.25, 0.3) is 11.3 Å². The minimum atomic E-state index is -0.399. The summed E-state index contributed by atoms with van der Waals surface area (Å²) in [5.74, 6) is 0.699. The number of benzene rings is 2. The number of ether oxygens (including phenoxy) is 2. The largest absolute Gasteiger partial charge is 0.465 e. The van der Waals surface area contributed by atoms with Crippen LogP contribution in [0.4, 0.5) is 17.5 Å². The van der Waals surface area contributed by atoms with Crippen molar-refractivity contribution in [2.75, 3.05) is 38.0 Å². The lowest BCUT2D eigenvalue weighted by Crippen LogP contribution is -2.10. The summed E-state index contributed by atoms with van der Waals surface area (Å²) in [7, 11) is 3.01. The van der Waals surface area contributed by atoms with Crippen molar-refractivity contribution in [3.8, 4) is 11.3 Å². The first-order chi connectivity index (χ1) is 13.7. The molecule has 0 atom stereocenters. The predicted octanol–water partition coefficient (Wildman–Crippen LogP) is 3.73. The van der Waals surface area contributed by atoms with Gasteiger partial charge in [-0.15, -0.1) is 0 Å². The highest BCUT2D eigenvalue weighted by Crippen LogP contribution is 2.23. The van der Waals surface area contributed by atoms with E-state index >= 15 is 0 Å². The molecule has 3 rings (SSSR count). The van der Waals surface area contributed by atoms with Gasteiger partial charge in [-0.2, -0.15) is 4.98 Å². The minimum absolute atomic E-state index is 0.399. The lowest BCUT2D eigenvalue weighted by atomic mass is 10.1. The molecule has 0 spiro atoms. The van der Waals surface area contributed by atoms with E-state index in [2.05, 4.69) is 20.6 Å². The second-order valence-corrected chi connectivity index (χ2v) is 5.95. The number of nitrogens with one attached hydrogen (secondary N) is 2. The van der Waals surface area contributed by atoms with Gasteiger partial charge >= 0.3 is 5.97 Å². The standard InChI is InChI=1S/C21H22N4O3/c1-27-12-11-22-19-14-18(15-7-4-3-5-8-15)24-21(25-19)23-17-10-6-9-16(13-17)20(26)28-2/h3-10,13-14H,11-12H2,1-2H3,(H2,22,23,24,25). The van der Waals surface area contributed by atoms with E-state index in [1.54, 1.807) is 25.3 Å². The first-order valence-electron chi connectivity index (χ1n) is 8.82. The molecule has 2 aromatic carbocycles. The van der Waals surface area contributed by atoms with Crippen molar-refractivity contribution in [1.29, 1.82) is 0 Å². The fourth-order valence-electron chi connectivity index (χ4n) is 2.60.